The Morgan fingerprint density at radius 1 is 1.38 bits per heavy atom. The molecule has 88 valence electrons. The van der Waals surface area contributed by atoms with Gasteiger partial charge in [0.2, 0.25) is 0 Å². The van der Waals surface area contributed by atoms with Crippen LogP contribution in [-0.4, -0.2) is 19.6 Å². The second-order valence-corrected chi connectivity index (χ2v) is 5.03. The third-order valence-electron chi connectivity index (χ3n) is 2.99. The lowest BCUT2D eigenvalue weighted by Crippen LogP contribution is -2.31. The molecule has 1 aliphatic rings. The van der Waals surface area contributed by atoms with Gasteiger partial charge >= 0.3 is 0 Å². The summed E-state index contributed by atoms with van der Waals surface area (Å²) < 4.78 is 14.2. The predicted molar refractivity (Wildman–Crippen MR) is 68.2 cm³/mol. The molecule has 0 aliphatic carbocycles. The van der Waals surface area contributed by atoms with E-state index in [0.717, 1.165) is 19.6 Å². The van der Waals surface area contributed by atoms with Gasteiger partial charge in [-0.2, -0.15) is 0 Å². The molecule has 0 saturated carbocycles. The highest BCUT2D eigenvalue weighted by Gasteiger charge is 2.13. The molecule has 0 radical (unpaired) electrons. The molecule has 0 amide bonds. The zero-order valence-electron chi connectivity index (χ0n) is 9.10. The Morgan fingerprint density at radius 2 is 2.12 bits per heavy atom. The van der Waals surface area contributed by atoms with Crippen LogP contribution in [0.25, 0.3) is 0 Å². The second-order valence-electron chi connectivity index (χ2n) is 4.18. The Balaban J connectivity index is 1.91. The SMILES string of the molecule is Fc1c(Br)cccc1NCC1CCNCC1. The summed E-state index contributed by atoms with van der Waals surface area (Å²) in [7, 11) is 0. The topological polar surface area (TPSA) is 24.1 Å². The summed E-state index contributed by atoms with van der Waals surface area (Å²) in [6, 6.07) is 5.34. The summed E-state index contributed by atoms with van der Waals surface area (Å²) in [4.78, 5) is 0. The van der Waals surface area contributed by atoms with E-state index >= 15 is 0 Å². The van der Waals surface area contributed by atoms with E-state index in [-0.39, 0.29) is 5.82 Å². The lowest BCUT2D eigenvalue weighted by Gasteiger charge is -2.23. The van der Waals surface area contributed by atoms with E-state index in [1.54, 1.807) is 12.1 Å². The molecule has 0 bridgehead atoms. The van der Waals surface area contributed by atoms with Crippen molar-refractivity contribution < 1.29 is 4.39 Å². The Hall–Kier alpha value is -0.610. The van der Waals surface area contributed by atoms with Gasteiger partial charge in [0.05, 0.1) is 10.2 Å². The molecule has 2 rings (SSSR count). The van der Waals surface area contributed by atoms with Crippen LogP contribution in [0.1, 0.15) is 12.8 Å². The summed E-state index contributed by atoms with van der Waals surface area (Å²) >= 11 is 3.19. The molecular formula is C12H16BrFN2. The number of hydrogen-bond acceptors (Lipinski definition) is 2. The lowest BCUT2D eigenvalue weighted by molar-refractivity contribution is 0.389. The summed E-state index contributed by atoms with van der Waals surface area (Å²) in [5, 5.41) is 6.51. The van der Waals surface area contributed by atoms with E-state index in [0.29, 0.717) is 16.1 Å². The van der Waals surface area contributed by atoms with Crippen LogP contribution < -0.4 is 10.6 Å². The van der Waals surface area contributed by atoms with Crippen molar-refractivity contribution in [3.8, 4) is 0 Å². The molecule has 0 unspecified atom stereocenters. The number of hydrogen-bond donors (Lipinski definition) is 2. The van der Waals surface area contributed by atoms with Crippen LogP contribution in [0.2, 0.25) is 0 Å². The number of benzene rings is 1. The highest BCUT2D eigenvalue weighted by Crippen LogP contribution is 2.23. The minimum absolute atomic E-state index is 0.198. The van der Waals surface area contributed by atoms with Crippen molar-refractivity contribution >= 4 is 21.6 Å². The molecule has 1 heterocycles. The van der Waals surface area contributed by atoms with E-state index in [1.807, 2.05) is 6.07 Å². The quantitative estimate of drug-likeness (QED) is 0.893. The van der Waals surface area contributed by atoms with Crippen LogP contribution in [0.4, 0.5) is 10.1 Å². The Kier molecular flexibility index (Phi) is 4.18. The fraction of sp³-hybridized carbons (Fsp3) is 0.500. The second kappa shape index (κ2) is 5.64. The summed E-state index contributed by atoms with van der Waals surface area (Å²) in [6.45, 7) is 3.01. The number of nitrogens with one attached hydrogen (secondary N) is 2. The molecule has 1 fully saturated rings. The maximum absolute atomic E-state index is 13.6. The Morgan fingerprint density at radius 3 is 2.88 bits per heavy atom. The van der Waals surface area contributed by atoms with Gasteiger partial charge in [-0.25, -0.2) is 4.39 Å². The van der Waals surface area contributed by atoms with Crippen LogP contribution in [0, 0.1) is 11.7 Å². The molecule has 16 heavy (non-hydrogen) atoms. The zero-order valence-corrected chi connectivity index (χ0v) is 10.7. The van der Waals surface area contributed by atoms with Crippen LogP contribution >= 0.6 is 15.9 Å². The molecule has 0 aromatic heterocycles. The first-order chi connectivity index (χ1) is 7.77. The van der Waals surface area contributed by atoms with Crippen molar-refractivity contribution in [1.82, 2.24) is 5.32 Å². The standard InChI is InChI=1S/C12H16BrFN2/c13-10-2-1-3-11(12(10)14)16-8-9-4-6-15-7-5-9/h1-3,9,15-16H,4-8H2. The maximum Gasteiger partial charge on any atom is 0.160 e. The average Bonchev–Trinajstić information content (AvgIpc) is 2.32. The van der Waals surface area contributed by atoms with Crippen molar-refractivity contribution in [2.24, 2.45) is 5.92 Å². The Labute approximate surface area is 104 Å². The molecule has 0 atom stereocenters. The number of anilines is 1. The van der Waals surface area contributed by atoms with E-state index in [4.69, 9.17) is 0 Å². The number of rotatable bonds is 3. The molecule has 4 heteroatoms. The van der Waals surface area contributed by atoms with Crippen molar-refractivity contribution in [3.05, 3.63) is 28.5 Å². The van der Waals surface area contributed by atoms with Crippen LogP contribution in [-0.2, 0) is 0 Å². The zero-order chi connectivity index (χ0) is 11.4. The molecule has 0 spiro atoms. The molecule has 2 N–H and O–H groups in total. The lowest BCUT2D eigenvalue weighted by atomic mass is 9.98. The van der Waals surface area contributed by atoms with Crippen molar-refractivity contribution in [3.63, 3.8) is 0 Å². The molecule has 1 aliphatic heterocycles. The molecule has 1 aromatic rings. The van der Waals surface area contributed by atoms with Crippen molar-refractivity contribution in [1.29, 1.82) is 0 Å². The first-order valence-electron chi connectivity index (χ1n) is 5.66. The fourth-order valence-electron chi connectivity index (χ4n) is 1.98. The van der Waals surface area contributed by atoms with Crippen molar-refractivity contribution in [2.75, 3.05) is 25.0 Å². The van der Waals surface area contributed by atoms with Gasteiger partial charge in [0, 0.05) is 6.54 Å². The highest BCUT2D eigenvalue weighted by atomic mass is 79.9. The number of halogens is 2. The van der Waals surface area contributed by atoms with Gasteiger partial charge in [-0.3, -0.25) is 0 Å². The predicted octanol–water partition coefficient (Wildman–Crippen LogP) is 3.00. The monoisotopic (exact) mass is 286 g/mol. The third-order valence-corrected chi connectivity index (χ3v) is 3.60. The number of piperidine rings is 1. The fourth-order valence-corrected chi connectivity index (χ4v) is 2.35. The van der Waals surface area contributed by atoms with Gasteiger partial charge in [0.1, 0.15) is 0 Å². The smallest absolute Gasteiger partial charge is 0.160 e. The van der Waals surface area contributed by atoms with Gasteiger partial charge in [-0.1, -0.05) is 6.07 Å². The minimum atomic E-state index is -0.198. The van der Waals surface area contributed by atoms with Gasteiger partial charge in [-0.05, 0) is 59.9 Å². The molecule has 1 aromatic carbocycles. The van der Waals surface area contributed by atoms with Gasteiger partial charge < -0.3 is 10.6 Å². The van der Waals surface area contributed by atoms with Crippen molar-refractivity contribution in [2.45, 2.75) is 12.8 Å². The molecule has 2 nitrogen and oxygen atoms in total. The largest absolute Gasteiger partial charge is 0.382 e. The van der Waals surface area contributed by atoms with Crippen LogP contribution in [0.3, 0.4) is 0 Å². The van der Waals surface area contributed by atoms with E-state index in [9.17, 15) is 4.39 Å². The minimum Gasteiger partial charge on any atom is -0.382 e. The maximum atomic E-state index is 13.6. The van der Waals surface area contributed by atoms with E-state index < -0.39 is 0 Å². The first-order valence-corrected chi connectivity index (χ1v) is 6.45. The molecule has 1 saturated heterocycles. The molecular weight excluding hydrogens is 271 g/mol. The van der Waals surface area contributed by atoms with E-state index in [1.165, 1.54) is 12.8 Å². The summed E-state index contributed by atoms with van der Waals surface area (Å²) in [5.41, 5.74) is 0.591. The highest BCUT2D eigenvalue weighted by molar-refractivity contribution is 9.10. The van der Waals surface area contributed by atoms with Crippen LogP contribution in [0.5, 0.6) is 0 Å². The van der Waals surface area contributed by atoms with Gasteiger partial charge in [0.25, 0.3) is 0 Å². The normalized spacial score (nSPS) is 17.4. The van der Waals surface area contributed by atoms with Gasteiger partial charge in [0.15, 0.2) is 5.82 Å². The summed E-state index contributed by atoms with van der Waals surface area (Å²) in [5.74, 6) is 0.455. The third kappa shape index (κ3) is 2.95. The van der Waals surface area contributed by atoms with E-state index in [2.05, 4.69) is 26.6 Å². The Bertz CT molecular complexity index is 351. The van der Waals surface area contributed by atoms with Gasteiger partial charge in [-0.15, -0.1) is 0 Å². The van der Waals surface area contributed by atoms with Crippen LogP contribution in [0.15, 0.2) is 22.7 Å². The first kappa shape index (κ1) is 11.9. The average molecular weight is 287 g/mol. The summed E-state index contributed by atoms with van der Waals surface area (Å²) in [6.07, 6.45) is 2.34.